The Morgan fingerprint density at radius 3 is 2.03 bits per heavy atom. The molecule has 3 rings (SSSR count). The van der Waals surface area contributed by atoms with Crippen LogP contribution in [0.25, 0.3) is 0 Å². The zero-order valence-corrected chi connectivity index (χ0v) is 16.6. The van der Waals surface area contributed by atoms with Gasteiger partial charge in [-0.15, -0.1) is 0 Å². The lowest BCUT2D eigenvalue weighted by molar-refractivity contribution is -0.123. The maximum atomic E-state index is 11.8. The van der Waals surface area contributed by atoms with Crippen LogP contribution in [0, 0.1) is 13.8 Å². The zero-order valence-electron chi connectivity index (χ0n) is 16.6. The van der Waals surface area contributed by atoms with Gasteiger partial charge in [0.05, 0.1) is 6.21 Å². The summed E-state index contributed by atoms with van der Waals surface area (Å²) in [4.78, 5) is 11.8. The molecule has 0 fully saturated rings. The van der Waals surface area contributed by atoms with E-state index in [-0.39, 0.29) is 12.5 Å². The Balaban J connectivity index is 1.41. The van der Waals surface area contributed by atoms with Gasteiger partial charge in [0.15, 0.2) is 6.61 Å². The van der Waals surface area contributed by atoms with E-state index in [9.17, 15) is 4.79 Å². The lowest BCUT2D eigenvalue weighted by atomic mass is 10.2. The number of hydrogen-bond acceptors (Lipinski definition) is 4. The van der Waals surface area contributed by atoms with Crippen LogP contribution in [0.4, 0.5) is 0 Å². The number of carbonyl (C=O) groups excluding carboxylic acids is 1. The van der Waals surface area contributed by atoms with E-state index in [0.717, 1.165) is 22.4 Å². The normalized spacial score (nSPS) is 10.7. The van der Waals surface area contributed by atoms with E-state index in [1.165, 1.54) is 5.56 Å². The molecule has 0 bridgehead atoms. The number of carbonyl (C=O) groups is 1. The maximum Gasteiger partial charge on any atom is 0.277 e. The number of amides is 1. The second-order valence-corrected chi connectivity index (χ2v) is 6.74. The van der Waals surface area contributed by atoms with Crippen LogP contribution in [0.3, 0.4) is 0 Å². The average molecular weight is 388 g/mol. The standard InChI is InChI=1S/C24H24N2O3/c1-18-3-7-21(8-4-18)16-28-23-13-9-20(10-14-23)15-25-26-24(27)17-29-22-11-5-19(2)6-12-22/h3-15H,16-17H2,1-2H3,(H,26,27)/b25-15-. The van der Waals surface area contributed by atoms with Crippen molar-refractivity contribution in [3.05, 3.63) is 95.1 Å². The lowest BCUT2D eigenvalue weighted by Gasteiger charge is -2.07. The van der Waals surface area contributed by atoms with Gasteiger partial charge in [-0.2, -0.15) is 5.10 Å². The van der Waals surface area contributed by atoms with E-state index in [4.69, 9.17) is 9.47 Å². The van der Waals surface area contributed by atoms with Crippen molar-refractivity contribution in [3.8, 4) is 11.5 Å². The molecule has 0 aliphatic carbocycles. The monoisotopic (exact) mass is 388 g/mol. The molecular formula is C24H24N2O3. The minimum atomic E-state index is -0.320. The molecule has 0 atom stereocenters. The molecule has 29 heavy (non-hydrogen) atoms. The number of nitrogens with zero attached hydrogens (tertiary/aromatic N) is 1. The van der Waals surface area contributed by atoms with Gasteiger partial charge >= 0.3 is 0 Å². The van der Waals surface area contributed by atoms with E-state index >= 15 is 0 Å². The fourth-order valence-electron chi connectivity index (χ4n) is 2.50. The molecule has 148 valence electrons. The lowest BCUT2D eigenvalue weighted by Crippen LogP contribution is -2.24. The quantitative estimate of drug-likeness (QED) is 0.459. The van der Waals surface area contributed by atoms with Crippen molar-refractivity contribution in [1.29, 1.82) is 0 Å². The molecule has 3 aromatic carbocycles. The van der Waals surface area contributed by atoms with Crippen LogP contribution in [0.2, 0.25) is 0 Å². The van der Waals surface area contributed by atoms with Crippen molar-refractivity contribution in [2.75, 3.05) is 6.61 Å². The highest BCUT2D eigenvalue weighted by atomic mass is 16.5. The summed E-state index contributed by atoms with van der Waals surface area (Å²) < 4.78 is 11.2. The average Bonchev–Trinajstić information content (AvgIpc) is 2.74. The van der Waals surface area contributed by atoms with Gasteiger partial charge in [0.25, 0.3) is 5.91 Å². The maximum absolute atomic E-state index is 11.8. The smallest absolute Gasteiger partial charge is 0.277 e. The Bertz CT molecular complexity index is 947. The van der Waals surface area contributed by atoms with Crippen molar-refractivity contribution < 1.29 is 14.3 Å². The molecule has 0 unspecified atom stereocenters. The molecule has 5 heteroatoms. The molecule has 0 spiro atoms. The third-order valence-electron chi connectivity index (χ3n) is 4.20. The Hall–Kier alpha value is -3.60. The number of ether oxygens (including phenoxy) is 2. The van der Waals surface area contributed by atoms with Crippen molar-refractivity contribution in [2.45, 2.75) is 20.5 Å². The van der Waals surface area contributed by atoms with Gasteiger partial charge in [-0.3, -0.25) is 4.79 Å². The van der Waals surface area contributed by atoms with Crippen LogP contribution in [-0.4, -0.2) is 18.7 Å². The number of nitrogens with one attached hydrogen (secondary N) is 1. The molecule has 1 amide bonds. The summed E-state index contributed by atoms with van der Waals surface area (Å²) in [5.74, 6) is 1.11. The molecule has 0 aliphatic heterocycles. The van der Waals surface area contributed by atoms with Crippen molar-refractivity contribution >= 4 is 12.1 Å². The molecule has 0 heterocycles. The van der Waals surface area contributed by atoms with E-state index in [1.54, 1.807) is 6.21 Å². The third-order valence-corrected chi connectivity index (χ3v) is 4.20. The predicted octanol–water partition coefficient (Wildman–Crippen LogP) is 4.41. The first-order valence-electron chi connectivity index (χ1n) is 9.38. The van der Waals surface area contributed by atoms with Gasteiger partial charge < -0.3 is 9.47 Å². The first kappa shape index (κ1) is 20.1. The molecule has 0 aromatic heterocycles. The van der Waals surface area contributed by atoms with Gasteiger partial charge in [0.2, 0.25) is 0 Å². The summed E-state index contributed by atoms with van der Waals surface area (Å²) in [7, 11) is 0. The molecule has 0 saturated carbocycles. The molecule has 0 saturated heterocycles. The largest absolute Gasteiger partial charge is 0.489 e. The highest BCUT2D eigenvalue weighted by Gasteiger charge is 2.01. The van der Waals surface area contributed by atoms with Crippen molar-refractivity contribution in [2.24, 2.45) is 5.10 Å². The van der Waals surface area contributed by atoms with Gasteiger partial charge in [-0.05, 0) is 61.4 Å². The van der Waals surface area contributed by atoms with Crippen LogP contribution in [0.5, 0.6) is 11.5 Å². The fraction of sp³-hybridized carbons (Fsp3) is 0.167. The second kappa shape index (κ2) is 10.1. The van der Waals surface area contributed by atoms with Crippen molar-refractivity contribution in [3.63, 3.8) is 0 Å². The molecule has 0 radical (unpaired) electrons. The summed E-state index contributed by atoms with van der Waals surface area (Å²) in [6.45, 7) is 4.48. The van der Waals surface area contributed by atoms with Gasteiger partial charge in [-0.25, -0.2) is 5.43 Å². The molecule has 1 N–H and O–H groups in total. The number of hydrogen-bond donors (Lipinski definition) is 1. The number of rotatable bonds is 8. The van der Waals surface area contributed by atoms with Crippen LogP contribution in [0.1, 0.15) is 22.3 Å². The van der Waals surface area contributed by atoms with Crippen LogP contribution < -0.4 is 14.9 Å². The first-order chi connectivity index (χ1) is 14.1. The summed E-state index contributed by atoms with van der Waals surface area (Å²) in [5, 5.41) is 3.95. The highest BCUT2D eigenvalue weighted by Crippen LogP contribution is 2.14. The Labute approximate surface area is 171 Å². The van der Waals surface area contributed by atoms with Crippen molar-refractivity contribution in [1.82, 2.24) is 5.43 Å². The zero-order chi connectivity index (χ0) is 20.5. The third kappa shape index (κ3) is 6.81. The Morgan fingerprint density at radius 1 is 0.828 bits per heavy atom. The second-order valence-electron chi connectivity index (χ2n) is 6.74. The summed E-state index contributed by atoms with van der Waals surface area (Å²) in [6, 6.07) is 23.3. The van der Waals surface area contributed by atoms with Gasteiger partial charge in [-0.1, -0.05) is 47.5 Å². The van der Waals surface area contributed by atoms with Crippen LogP contribution in [-0.2, 0) is 11.4 Å². The van der Waals surface area contributed by atoms with Gasteiger partial charge in [0, 0.05) is 0 Å². The minimum Gasteiger partial charge on any atom is -0.489 e. The topological polar surface area (TPSA) is 59.9 Å². The fourth-order valence-corrected chi connectivity index (χ4v) is 2.50. The summed E-state index contributed by atoms with van der Waals surface area (Å²) in [6.07, 6.45) is 1.58. The van der Waals surface area contributed by atoms with Gasteiger partial charge in [0.1, 0.15) is 18.1 Å². The van der Waals surface area contributed by atoms with E-state index < -0.39 is 0 Å². The van der Waals surface area contributed by atoms with E-state index in [2.05, 4.69) is 41.7 Å². The molecule has 3 aromatic rings. The Morgan fingerprint density at radius 2 is 1.38 bits per heavy atom. The first-order valence-corrected chi connectivity index (χ1v) is 9.38. The molecule has 5 nitrogen and oxygen atoms in total. The van der Waals surface area contributed by atoms with Crippen LogP contribution >= 0.6 is 0 Å². The number of hydrazone groups is 1. The number of aryl methyl sites for hydroxylation is 2. The molecular weight excluding hydrogens is 364 g/mol. The minimum absolute atomic E-state index is 0.0911. The van der Waals surface area contributed by atoms with E-state index in [1.807, 2.05) is 55.5 Å². The predicted molar refractivity (Wildman–Crippen MR) is 114 cm³/mol. The summed E-state index contributed by atoms with van der Waals surface area (Å²) in [5.41, 5.74) is 6.79. The molecule has 0 aliphatic rings. The highest BCUT2D eigenvalue weighted by molar-refractivity contribution is 5.83. The number of benzene rings is 3. The van der Waals surface area contributed by atoms with E-state index in [0.29, 0.717) is 12.4 Å². The van der Waals surface area contributed by atoms with Crippen LogP contribution in [0.15, 0.2) is 77.9 Å². The Kier molecular flexibility index (Phi) is 7.00. The SMILES string of the molecule is Cc1ccc(COc2ccc(/C=N\NC(=O)COc3ccc(C)cc3)cc2)cc1. The summed E-state index contributed by atoms with van der Waals surface area (Å²) >= 11 is 0.